The van der Waals surface area contributed by atoms with Gasteiger partial charge in [-0.1, -0.05) is 64.2 Å². The van der Waals surface area contributed by atoms with E-state index in [-0.39, 0.29) is 0 Å². The summed E-state index contributed by atoms with van der Waals surface area (Å²) in [6, 6.07) is 0. The van der Waals surface area contributed by atoms with E-state index in [0.717, 1.165) is 11.8 Å². The van der Waals surface area contributed by atoms with Crippen LogP contribution in [-0.2, 0) is 0 Å². The molecule has 0 saturated heterocycles. The molecule has 2 aliphatic rings. The van der Waals surface area contributed by atoms with Gasteiger partial charge in [0.1, 0.15) is 0 Å². The van der Waals surface area contributed by atoms with Crippen molar-refractivity contribution in [3.8, 4) is 0 Å². The van der Waals surface area contributed by atoms with Crippen LogP contribution in [0.3, 0.4) is 0 Å². The monoisotopic (exact) mass is 207 g/mol. The van der Waals surface area contributed by atoms with E-state index in [0.29, 0.717) is 0 Å². The summed E-state index contributed by atoms with van der Waals surface area (Å²) >= 11 is 0. The Balaban J connectivity index is 1.53. The first-order valence-electron chi connectivity index (χ1n) is 7.27. The van der Waals surface area contributed by atoms with Gasteiger partial charge in [0.2, 0.25) is 0 Å². The molecule has 0 heterocycles. The van der Waals surface area contributed by atoms with E-state index < -0.39 is 0 Å². The Morgan fingerprint density at radius 2 is 1.00 bits per heavy atom. The molecule has 0 aromatic heterocycles. The summed E-state index contributed by atoms with van der Waals surface area (Å²) in [6.45, 7) is 0. The van der Waals surface area contributed by atoms with Crippen molar-refractivity contribution in [3.63, 3.8) is 0 Å². The van der Waals surface area contributed by atoms with Crippen molar-refractivity contribution >= 4 is 0 Å². The lowest BCUT2D eigenvalue weighted by molar-refractivity contribution is 0.324. The summed E-state index contributed by atoms with van der Waals surface area (Å²) in [5.74, 6) is 2.12. The van der Waals surface area contributed by atoms with E-state index in [1.54, 1.807) is 0 Å². The van der Waals surface area contributed by atoms with E-state index >= 15 is 0 Å². The van der Waals surface area contributed by atoms with Gasteiger partial charge in [0, 0.05) is 0 Å². The van der Waals surface area contributed by atoms with Crippen molar-refractivity contribution in [3.05, 3.63) is 6.42 Å². The number of hydrogen-bond donors (Lipinski definition) is 0. The Morgan fingerprint density at radius 1 is 0.600 bits per heavy atom. The van der Waals surface area contributed by atoms with E-state index in [1.165, 1.54) is 77.0 Å². The van der Waals surface area contributed by atoms with Crippen LogP contribution in [0.2, 0.25) is 0 Å². The maximum absolute atomic E-state index is 2.63. The molecule has 0 heteroatoms. The average Bonchev–Trinajstić information content (AvgIpc) is 2.32. The van der Waals surface area contributed by atoms with Gasteiger partial charge in [-0.15, -0.1) is 0 Å². The highest BCUT2D eigenvalue weighted by Gasteiger charge is 2.16. The second-order valence-electron chi connectivity index (χ2n) is 5.77. The molecule has 0 aromatic carbocycles. The van der Waals surface area contributed by atoms with Gasteiger partial charge < -0.3 is 0 Å². The van der Waals surface area contributed by atoms with Crippen LogP contribution in [0.25, 0.3) is 0 Å². The van der Waals surface area contributed by atoms with Crippen molar-refractivity contribution in [2.45, 2.75) is 77.0 Å². The third-order valence-electron chi connectivity index (χ3n) is 4.45. The highest BCUT2D eigenvalue weighted by atomic mass is 14.2. The summed E-state index contributed by atoms with van der Waals surface area (Å²) in [5, 5.41) is 0. The normalized spacial score (nSPS) is 25.6. The van der Waals surface area contributed by atoms with Gasteiger partial charge in [-0.2, -0.15) is 0 Å². The van der Waals surface area contributed by atoms with Gasteiger partial charge in [0.15, 0.2) is 0 Å². The molecule has 2 saturated carbocycles. The first-order chi connectivity index (χ1) is 7.45. The fourth-order valence-electron chi connectivity index (χ4n) is 3.41. The van der Waals surface area contributed by atoms with Crippen molar-refractivity contribution in [2.24, 2.45) is 11.8 Å². The molecule has 2 aliphatic carbocycles. The predicted molar refractivity (Wildman–Crippen MR) is 66.7 cm³/mol. The molecule has 2 fully saturated rings. The highest BCUT2D eigenvalue weighted by molar-refractivity contribution is 4.78. The Bertz CT molecular complexity index is 131. The number of rotatable bonds is 4. The van der Waals surface area contributed by atoms with Gasteiger partial charge in [-0.05, 0) is 31.1 Å². The number of hydrogen-bond acceptors (Lipinski definition) is 0. The zero-order valence-corrected chi connectivity index (χ0v) is 10.2. The van der Waals surface area contributed by atoms with Crippen LogP contribution < -0.4 is 0 Å². The minimum absolute atomic E-state index is 1.06. The summed E-state index contributed by atoms with van der Waals surface area (Å²) in [4.78, 5) is 0. The van der Waals surface area contributed by atoms with Crippen molar-refractivity contribution < 1.29 is 0 Å². The molecular formula is C15H27. The Labute approximate surface area is 95.8 Å². The first kappa shape index (κ1) is 11.5. The second kappa shape index (κ2) is 6.55. The zero-order valence-electron chi connectivity index (χ0n) is 10.2. The molecule has 0 atom stereocenters. The summed E-state index contributed by atoms with van der Waals surface area (Å²) in [7, 11) is 0. The Hall–Kier alpha value is 0. The summed E-state index contributed by atoms with van der Waals surface area (Å²) in [5.41, 5.74) is 0. The predicted octanol–water partition coefficient (Wildman–Crippen LogP) is 5.13. The molecule has 87 valence electrons. The largest absolute Gasteiger partial charge is 0.0533 e. The van der Waals surface area contributed by atoms with Crippen molar-refractivity contribution in [1.82, 2.24) is 0 Å². The van der Waals surface area contributed by atoms with E-state index in [2.05, 4.69) is 6.42 Å². The standard InChI is InChI=1S/C15H27/c1-3-8-14(9-4-1)12-7-13-15-10-5-2-6-11-15/h7,14-15H,1-6,8-13H2. The molecule has 2 rings (SSSR count). The maximum atomic E-state index is 2.63. The lowest BCUT2D eigenvalue weighted by atomic mass is 9.82. The molecule has 0 N–H and O–H groups in total. The third-order valence-corrected chi connectivity index (χ3v) is 4.45. The van der Waals surface area contributed by atoms with E-state index in [1.807, 2.05) is 0 Å². The van der Waals surface area contributed by atoms with E-state index in [9.17, 15) is 0 Å². The van der Waals surface area contributed by atoms with Crippen LogP contribution in [0.15, 0.2) is 0 Å². The smallest absolute Gasteiger partial charge is 0.0380 e. The van der Waals surface area contributed by atoms with Crippen LogP contribution in [-0.4, -0.2) is 0 Å². The van der Waals surface area contributed by atoms with Crippen LogP contribution >= 0.6 is 0 Å². The van der Waals surface area contributed by atoms with Crippen LogP contribution in [0.4, 0.5) is 0 Å². The Morgan fingerprint density at radius 3 is 1.40 bits per heavy atom. The summed E-state index contributed by atoms with van der Waals surface area (Å²) < 4.78 is 0. The zero-order chi connectivity index (χ0) is 10.3. The van der Waals surface area contributed by atoms with Gasteiger partial charge in [-0.3, -0.25) is 0 Å². The lowest BCUT2D eigenvalue weighted by Crippen LogP contribution is -2.09. The molecule has 0 bridgehead atoms. The third kappa shape index (κ3) is 4.17. The van der Waals surface area contributed by atoms with Gasteiger partial charge in [-0.25, -0.2) is 0 Å². The fourth-order valence-corrected chi connectivity index (χ4v) is 3.41. The molecule has 15 heavy (non-hydrogen) atoms. The lowest BCUT2D eigenvalue weighted by Gasteiger charge is -2.24. The van der Waals surface area contributed by atoms with Crippen LogP contribution in [0, 0.1) is 18.3 Å². The minimum atomic E-state index is 1.06. The topological polar surface area (TPSA) is 0 Å². The molecule has 0 unspecified atom stereocenters. The van der Waals surface area contributed by atoms with Crippen molar-refractivity contribution in [1.29, 1.82) is 0 Å². The van der Waals surface area contributed by atoms with Gasteiger partial charge >= 0.3 is 0 Å². The minimum Gasteiger partial charge on any atom is -0.0533 e. The molecule has 0 aliphatic heterocycles. The first-order valence-corrected chi connectivity index (χ1v) is 7.27. The highest BCUT2D eigenvalue weighted by Crippen LogP contribution is 2.31. The fraction of sp³-hybridized carbons (Fsp3) is 0.933. The van der Waals surface area contributed by atoms with Crippen LogP contribution in [0.1, 0.15) is 77.0 Å². The molecule has 0 aromatic rings. The quantitative estimate of drug-likeness (QED) is 0.599. The summed E-state index contributed by atoms with van der Waals surface area (Å²) in [6.07, 6.45) is 20.6. The van der Waals surface area contributed by atoms with E-state index in [4.69, 9.17) is 0 Å². The molecular weight excluding hydrogens is 180 g/mol. The molecule has 0 spiro atoms. The SMILES string of the molecule is [CH](CC1CCCCC1)CC1CCCCC1. The van der Waals surface area contributed by atoms with Gasteiger partial charge in [0.05, 0.1) is 0 Å². The van der Waals surface area contributed by atoms with Gasteiger partial charge in [0.25, 0.3) is 0 Å². The van der Waals surface area contributed by atoms with Crippen LogP contribution in [0.5, 0.6) is 0 Å². The van der Waals surface area contributed by atoms with Crippen molar-refractivity contribution in [2.75, 3.05) is 0 Å². The average molecular weight is 207 g/mol. The maximum Gasteiger partial charge on any atom is -0.0380 e. The molecule has 0 nitrogen and oxygen atoms in total. The Kier molecular flexibility index (Phi) is 5.02. The second-order valence-corrected chi connectivity index (χ2v) is 5.77. The molecule has 1 radical (unpaired) electrons. The molecule has 0 amide bonds.